The first kappa shape index (κ1) is 21.0. The number of hydrogen-bond acceptors (Lipinski definition) is 4. The van der Waals surface area contributed by atoms with Crippen LogP contribution in [0.1, 0.15) is 29.7 Å². The van der Waals surface area contributed by atoms with E-state index in [1.54, 1.807) is 4.90 Å². The van der Waals surface area contributed by atoms with Crippen molar-refractivity contribution in [2.24, 2.45) is 0 Å². The van der Waals surface area contributed by atoms with Crippen LogP contribution in [-0.4, -0.2) is 77.6 Å². The fourth-order valence-corrected chi connectivity index (χ4v) is 5.08. The third-order valence-corrected chi connectivity index (χ3v) is 6.88. The number of carbonyl (C=O) groups excluding carboxylic acids is 1. The topological polar surface area (TPSA) is 47.0 Å². The van der Waals surface area contributed by atoms with Crippen LogP contribution in [0.5, 0.6) is 0 Å². The molecule has 1 aliphatic heterocycles. The van der Waals surface area contributed by atoms with E-state index in [0.29, 0.717) is 6.54 Å². The van der Waals surface area contributed by atoms with Crippen molar-refractivity contribution in [1.82, 2.24) is 14.7 Å². The van der Waals surface area contributed by atoms with Gasteiger partial charge in [-0.1, -0.05) is 61.5 Å². The van der Waals surface area contributed by atoms with Crippen molar-refractivity contribution in [3.05, 3.63) is 71.3 Å². The Kier molecular flexibility index (Phi) is 6.23. The lowest BCUT2D eigenvalue weighted by Crippen LogP contribution is -2.64. The Morgan fingerprint density at radius 1 is 1.00 bits per heavy atom. The Morgan fingerprint density at radius 3 is 2.13 bits per heavy atom. The molecule has 1 N–H and O–H groups in total. The van der Waals surface area contributed by atoms with Crippen molar-refractivity contribution in [3.63, 3.8) is 0 Å². The molecule has 0 saturated carbocycles. The number of piperazine rings is 1. The second-order valence-corrected chi connectivity index (χ2v) is 8.69. The van der Waals surface area contributed by atoms with Gasteiger partial charge >= 0.3 is 0 Å². The molecule has 0 aromatic heterocycles. The quantitative estimate of drug-likeness (QED) is 0.799. The highest BCUT2D eigenvalue weighted by molar-refractivity contribution is 5.88. The van der Waals surface area contributed by atoms with E-state index in [-0.39, 0.29) is 5.91 Å². The number of hydrogen-bond donors (Lipinski definition) is 1. The largest absolute Gasteiger partial charge is 0.387 e. The Morgan fingerprint density at radius 2 is 1.57 bits per heavy atom. The average Bonchev–Trinajstić information content (AvgIpc) is 3.20. The van der Waals surface area contributed by atoms with Crippen molar-refractivity contribution in [1.29, 1.82) is 0 Å². The molecule has 160 valence electrons. The lowest BCUT2D eigenvalue weighted by Gasteiger charge is -2.46. The zero-order chi connectivity index (χ0) is 21.1. The van der Waals surface area contributed by atoms with Crippen molar-refractivity contribution >= 4 is 5.91 Å². The van der Waals surface area contributed by atoms with Gasteiger partial charge in [0, 0.05) is 46.1 Å². The maximum Gasteiger partial charge on any atom is 0.243 e. The number of rotatable bonds is 6. The monoisotopic (exact) mass is 407 g/mol. The molecule has 2 aliphatic rings. The minimum atomic E-state index is -0.682. The molecule has 1 aliphatic carbocycles. The molecule has 1 unspecified atom stereocenters. The highest BCUT2D eigenvalue weighted by Crippen LogP contribution is 2.37. The van der Waals surface area contributed by atoms with Gasteiger partial charge in [-0.2, -0.15) is 0 Å². The number of carbonyl (C=O) groups is 1. The van der Waals surface area contributed by atoms with Gasteiger partial charge in [-0.3, -0.25) is 9.69 Å². The van der Waals surface area contributed by atoms with Crippen LogP contribution < -0.4 is 0 Å². The number of benzene rings is 2. The van der Waals surface area contributed by atoms with E-state index in [0.717, 1.165) is 51.1 Å². The van der Waals surface area contributed by atoms with Crippen molar-refractivity contribution < 1.29 is 9.90 Å². The van der Waals surface area contributed by atoms with E-state index < -0.39 is 11.6 Å². The molecule has 2 aromatic carbocycles. The molecule has 2 aromatic rings. The minimum Gasteiger partial charge on any atom is -0.387 e. The summed E-state index contributed by atoms with van der Waals surface area (Å²) in [5, 5.41) is 10.7. The second kappa shape index (κ2) is 8.88. The molecule has 1 amide bonds. The van der Waals surface area contributed by atoms with Crippen LogP contribution in [-0.2, 0) is 17.6 Å². The predicted octanol–water partition coefficient (Wildman–Crippen LogP) is 2.35. The number of nitrogens with zero attached hydrogens (tertiary/aromatic N) is 3. The Balaban J connectivity index is 1.56. The fourth-order valence-electron chi connectivity index (χ4n) is 5.08. The minimum absolute atomic E-state index is 0.124. The summed E-state index contributed by atoms with van der Waals surface area (Å²) in [5.74, 6) is 0.124. The van der Waals surface area contributed by atoms with Gasteiger partial charge in [0.1, 0.15) is 5.54 Å². The first-order valence-electron chi connectivity index (χ1n) is 11.1. The molecule has 1 fully saturated rings. The molecule has 4 rings (SSSR count). The van der Waals surface area contributed by atoms with Crippen LogP contribution in [0, 0.1) is 0 Å². The summed E-state index contributed by atoms with van der Waals surface area (Å²) in [5.41, 5.74) is 2.85. The Labute approximate surface area is 179 Å². The van der Waals surface area contributed by atoms with E-state index in [1.165, 1.54) is 11.1 Å². The van der Waals surface area contributed by atoms with E-state index in [2.05, 4.69) is 41.0 Å². The number of likely N-dealkylation sites (N-methyl/N-ethyl adjacent to an activating group) is 2. The summed E-state index contributed by atoms with van der Waals surface area (Å²) in [4.78, 5) is 20.5. The van der Waals surface area contributed by atoms with Crippen molar-refractivity contribution in [2.75, 3.05) is 46.3 Å². The van der Waals surface area contributed by atoms with Gasteiger partial charge in [0.05, 0.1) is 12.6 Å². The van der Waals surface area contributed by atoms with Crippen LogP contribution in [0.3, 0.4) is 0 Å². The highest BCUT2D eigenvalue weighted by atomic mass is 16.3. The molecular formula is C25H33N3O2. The second-order valence-electron chi connectivity index (χ2n) is 8.69. The third kappa shape index (κ3) is 4.02. The molecule has 1 saturated heterocycles. The zero-order valence-corrected chi connectivity index (χ0v) is 18.1. The Hall–Kier alpha value is -2.21. The van der Waals surface area contributed by atoms with Crippen LogP contribution in [0.2, 0.25) is 0 Å². The number of amides is 1. The molecule has 0 spiro atoms. The van der Waals surface area contributed by atoms with Gasteiger partial charge < -0.3 is 14.9 Å². The maximum atomic E-state index is 13.9. The summed E-state index contributed by atoms with van der Waals surface area (Å²) in [6, 6.07) is 18.0. The molecule has 1 heterocycles. The summed E-state index contributed by atoms with van der Waals surface area (Å²) in [7, 11) is 1.83. The lowest BCUT2D eigenvalue weighted by atomic mass is 9.90. The van der Waals surface area contributed by atoms with Crippen molar-refractivity contribution in [2.45, 2.75) is 31.4 Å². The standard InChI is InChI=1S/C25H33N3O2/c1-3-27-13-15-28(16-14-27)25(17-21-11-7-8-12-22(21)18-25)24(30)26(2)19-23(29)20-9-5-4-6-10-20/h4-12,23,29H,3,13-19H2,1-2H3. The summed E-state index contributed by atoms with van der Waals surface area (Å²) in [6.07, 6.45) is 0.817. The lowest BCUT2D eigenvalue weighted by molar-refractivity contribution is -0.145. The zero-order valence-electron chi connectivity index (χ0n) is 18.1. The van der Waals surface area contributed by atoms with Gasteiger partial charge in [-0.25, -0.2) is 0 Å². The van der Waals surface area contributed by atoms with Gasteiger partial charge in [0.15, 0.2) is 0 Å². The van der Waals surface area contributed by atoms with Gasteiger partial charge in [-0.15, -0.1) is 0 Å². The van der Waals surface area contributed by atoms with Crippen LogP contribution in [0.25, 0.3) is 0 Å². The molecule has 0 bridgehead atoms. The smallest absolute Gasteiger partial charge is 0.243 e. The van der Waals surface area contributed by atoms with E-state index in [1.807, 2.05) is 37.4 Å². The fraction of sp³-hybridized carbons (Fsp3) is 0.480. The van der Waals surface area contributed by atoms with Gasteiger partial charge in [0.2, 0.25) is 5.91 Å². The third-order valence-electron chi connectivity index (χ3n) is 6.88. The molecule has 0 radical (unpaired) electrons. The summed E-state index contributed by atoms with van der Waals surface area (Å²) >= 11 is 0. The SMILES string of the molecule is CCN1CCN(C2(C(=O)N(C)CC(O)c3ccccc3)Cc3ccccc3C2)CC1. The van der Waals surface area contributed by atoms with E-state index in [4.69, 9.17) is 0 Å². The first-order valence-corrected chi connectivity index (χ1v) is 11.1. The predicted molar refractivity (Wildman–Crippen MR) is 119 cm³/mol. The molecule has 5 nitrogen and oxygen atoms in total. The number of fused-ring (bicyclic) bond motifs is 1. The number of aliphatic hydroxyl groups is 1. The number of aliphatic hydroxyl groups excluding tert-OH is 1. The van der Waals surface area contributed by atoms with E-state index >= 15 is 0 Å². The molecule has 1 atom stereocenters. The molecule has 30 heavy (non-hydrogen) atoms. The molecular weight excluding hydrogens is 374 g/mol. The normalized spacial score (nSPS) is 20.0. The van der Waals surface area contributed by atoms with Crippen molar-refractivity contribution in [3.8, 4) is 0 Å². The van der Waals surface area contributed by atoms with E-state index in [9.17, 15) is 9.90 Å². The summed E-state index contributed by atoms with van der Waals surface area (Å²) < 4.78 is 0. The average molecular weight is 408 g/mol. The van der Waals surface area contributed by atoms with Gasteiger partial charge in [0.25, 0.3) is 0 Å². The van der Waals surface area contributed by atoms with Crippen LogP contribution in [0.15, 0.2) is 54.6 Å². The van der Waals surface area contributed by atoms with Crippen LogP contribution in [0.4, 0.5) is 0 Å². The Bertz CT molecular complexity index is 837. The van der Waals surface area contributed by atoms with Gasteiger partial charge in [-0.05, 0) is 23.2 Å². The highest BCUT2D eigenvalue weighted by Gasteiger charge is 2.50. The maximum absolute atomic E-state index is 13.9. The molecule has 5 heteroatoms. The summed E-state index contributed by atoms with van der Waals surface area (Å²) in [6.45, 7) is 7.36. The first-order chi connectivity index (χ1) is 14.5. The van der Waals surface area contributed by atoms with Crippen LogP contribution >= 0.6 is 0 Å².